The van der Waals surface area contributed by atoms with Crippen LogP contribution in [0.5, 0.6) is 11.5 Å². The van der Waals surface area contributed by atoms with Crippen LogP contribution < -0.4 is 15.1 Å². The third-order valence-corrected chi connectivity index (χ3v) is 7.03. The SMILES string of the molecule is COc1ccc([C@H]2CC(c3ccc4ccccc4c3)=NN2C(=O)COc2ccc3c(C)cc(=O)oc3c2)cc1. The molecule has 5 aromatic rings. The molecule has 0 spiro atoms. The molecule has 7 nitrogen and oxygen atoms in total. The summed E-state index contributed by atoms with van der Waals surface area (Å²) in [5.41, 5.74) is 3.56. The van der Waals surface area contributed by atoms with E-state index in [-0.39, 0.29) is 18.6 Å². The molecule has 1 atom stereocenters. The Morgan fingerprint density at radius 1 is 0.949 bits per heavy atom. The molecule has 1 aliphatic heterocycles. The molecule has 7 heteroatoms. The second-order valence-corrected chi connectivity index (χ2v) is 9.54. The molecule has 0 unspecified atom stereocenters. The second kappa shape index (κ2) is 10.1. The first-order chi connectivity index (χ1) is 19.0. The number of hydrazone groups is 1. The molecule has 1 aliphatic rings. The predicted octanol–water partition coefficient (Wildman–Crippen LogP) is 6.02. The largest absolute Gasteiger partial charge is 0.497 e. The molecular weight excluding hydrogens is 492 g/mol. The van der Waals surface area contributed by atoms with Crippen molar-refractivity contribution in [1.29, 1.82) is 0 Å². The number of fused-ring (bicyclic) bond motifs is 2. The lowest BCUT2D eigenvalue weighted by atomic mass is 9.97. The van der Waals surface area contributed by atoms with Crippen LogP contribution in [-0.2, 0) is 4.79 Å². The van der Waals surface area contributed by atoms with E-state index in [1.165, 1.54) is 11.1 Å². The molecule has 2 heterocycles. The number of nitrogens with zero attached hydrogens (tertiary/aromatic N) is 2. The van der Waals surface area contributed by atoms with Gasteiger partial charge in [-0.25, -0.2) is 9.80 Å². The fraction of sp³-hybridized carbons (Fsp3) is 0.156. The van der Waals surface area contributed by atoms with Crippen molar-refractivity contribution in [2.75, 3.05) is 13.7 Å². The van der Waals surface area contributed by atoms with Crippen molar-refractivity contribution in [2.24, 2.45) is 5.10 Å². The van der Waals surface area contributed by atoms with Crippen molar-refractivity contribution in [3.05, 3.63) is 118 Å². The lowest BCUT2D eigenvalue weighted by Gasteiger charge is -2.22. The maximum Gasteiger partial charge on any atom is 0.336 e. The number of ether oxygens (including phenoxy) is 2. The van der Waals surface area contributed by atoms with E-state index in [1.807, 2.05) is 55.5 Å². The van der Waals surface area contributed by atoms with Gasteiger partial charge in [0.1, 0.15) is 17.1 Å². The van der Waals surface area contributed by atoms with Crippen molar-refractivity contribution in [1.82, 2.24) is 5.01 Å². The van der Waals surface area contributed by atoms with Gasteiger partial charge in [0.25, 0.3) is 5.91 Å². The molecule has 194 valence electrons. The minimum Gasteiger partial charge on any atom is -0.497 e. The molecule has 0 N–H and O–H groups in total. The zero-order chi connectivity index (χ0) is 26.9. The molecule has 0 radical (unpaired) electrons. The Bertz CT molecular complexity index is 1790. The summed E-state index contributed by atoms with van der Waals surface area (Å²) in [6, 6.07) is 28.4. The van der Waals surface area contributed by atoms with Crippen LogP contribution in [0, 0.1) is 6.92 Å². The Hall–Kier alpha value is -4.91. The van der Waals surface area contributed by atoms with E-state index in [4.69, 9.17) is 19.0 Å². The fourth-order valence-corrected chi connectivity index (χ4v) is 4.98. The monoisotopic (exact) mass is 518 g/mol. The number of methoxy groups -OCH3 is 1. The van der Waals surface area contributed by atoms with Crippen LogP contribution in [0.25, 0.3) is 21.7 Å². The number of carbonyl (C=O) groups excluding carboxylic acids is 1. The van der Waals surface area contributed by atoms with E-state index >= 15 is 0 Å². The Morgan fingerprint density at radius 3 is 2.51 bits per heavy atom. The highest BCUT2D eigenvalue weighted by Gasteiger charge is 2.33. The molecule has 0 saturated carbocycles. The first kappa shape index (κ1) is 24.4. The molecule has 4 aromatic carbocycles. The van der Waals surface area contributed by atoms with E-state index in [0.717, 1.165) is 44.3 Å². The predicted molar refractivity (Wildman–Crippen MR) is 150 cm³/mol. The first-order valence-electron chi connectivity index (χ1n) is 12.7. The molecule has 0 aliphatic carbocycles. The number of hydrogen-bond donors (Lipinski definition) is 0. The fourth-order valence-electron chi connectivity index (χ4n) is 4.98. The maximum atomic E-state index is 13.5. The van der Waals surface area contributed by atoms with Crippen LogP contribution in [0.2, 0.25) is 0 Å². The summed E-state index contributed by atoms with van der Waals surface area (Å²) in [4.78, 5) is 25.3. The molecule has 1 amide bonds. The Balaban J connectivity index is 1.28. The number of amides is 1. The van der Waals surface area contributed by atoms with E-state index in [2.05, 4.69) is 24.3 Å². The molecule has 0 fully saturated rings. The van der Waals surface area contributed by atoms with Gasteiger partial charge in [0, 0.05) is 23.9 Å². The van der Waals surface area contributed by atoms with Crippen molar-refractivity contribution < 1.29 is 18.7 Å². The molecule has 0 saturated heterocycles. The number of benzene rings is 4. The van der Waals surface area contributed by atoms with E-state index in [0.29, 0.717) is 17.8 Å². The van der Waals surface area contributed by atoms with Gasteiger partial charge in [-0.1, -0.05) is 48.5 Å². The second-order valence-electron chi connectivity index (χ2n) is 9.54. The number of hydrogen-bond acceptors (Lipinski definition) is 6. The van der Waals surface area contributed by atoms with E-state index in [1.54, 1.807) is 19.2 Å². The maximum absolute atomic E-state index is 13.5. The van der Waals surface area contributed by atoms with Crippen LogP contribution in [-0.4, -0.2) is 30.3 Å². The average Bonchev–Trinajstić information content (AvgIpc) is 3.41. The van der Waals surface area contributed by atoms with Gasteiger partial charge in [-0.05, 0) is 64.7 Å². The van der Waals surface area contributed by atoms with Gasteiger partial charge in [-0.3, -0.25) is 4.79 Å². The summed E-state index contributed by atoms with van der Waals surface area (Å²) >= 11 is 0. The quantitative estimate of drug-likeness (QED) is 0.257. The van der Waals surface area contributed by atoms with Crippen molar-refractivity contribution in [3.63, 3.8) is 0 Å². The smallest absolute Gasteiger partial charge is 0.336 e. The van der Waals surface area contributed by atoms with Crippen LogP contribution in [0.3, 0.4) is 0 Å². The Morgan fingerprint density at radius 2 is 1.72 bits per heavy atom. The minimum atomic E-state index is -0.428. The van der Waals surface area contributed by atoms with Gasteiger partial charge >= 0.3 is 5.63 Å². The molecule has 1 aromatic heterocycles. The third kappa shape index (κ3) is 4.86. The summed E-state index contributed by atoms with van der Waals surface area (Å²) in [6.45, 7) is 1.63. The number of aryl methyl sites for hydroxylation is 1. The van der Waals surface area contributed by atoms with Crippen molar-refractivity contribution in [3.8, 4) is 11.5 Å². The van der Waals surface area contributed by atoms with E-state index < -0.39 is 5.63 Å². The van der Waals surface area contributed by atoms with Gasteiger partial charge in [0.15, 0.2) is 6.61 Å². The summed E-state index contributed by atoms with van der Waals surface area (Å²) < 4.78 is 16.5. The molecule has 0 bridgehead atoms. The Kier molecular flexibility index (Phi) is 6.32. The molecular formula is C32H26N2O5. The van der Waals surface area contributed by atoms with Gasteiger partial charge in [-0.15, -0.1) is 0 Å². The van der Waals surface area contributed by atoms with Crippen LogP contribution in [0.4, 0.5) is 0 Å². The standard InChI is InChI=1S/C32H26N2O5/c1-20-15-32(36)39-30-17-26(13-14-27(20)30)38-19-31(35)34-29(22-9-11-25(37-2)12-10-22)18-28(33-34)24-8-7-21-5-3-4-6-23(21)16-24/h3-17,29H,18-19H2,1-2H3/t29-/m1/s1. The van der Waals surface area contributed by atoms with Crippen molar-refractivity contribution >= 4 is 33.4 Å². The van der Waals surface area contributed by atoms with Gasteiger partial charge in [0.2, 0.25) is 0 Å². The zero-order valence-corrected chi connectivity index (χ0v) is 21.6. The van der Waals surface area contributed by atoms with Crippen LogP contribution in [0.15, 0.2) is 105 Å². The number of carbonyl (C=O) groups is 1. The summed E-state index contributed by atoms with van der Waals surface area (Å²) in [6.07, 6.45) is 0.566. The summed E-state index contributed by atoms with van der Waals surface area (Å²) in [5.74, 6) is 0.896. The van der Waals surface area contributed by atoms with Gasteiger partial charge < -0.3 is 13.9 Å². The molecule has 6 rings (SSSR count). The topological polar surface area (TPSA) is 81.3 Å². The Labute approximate surface area is 224 Å². The van der Waals surface area contributed by atoms with Gasteiger partial charge in [0.05, 0.1) is 18.9 Å². The average molecular weight is 519 g/mol. The lowest BCUT2D eigenvalue weighted by molar-refractivity contribution is -0.135. The zero-order valence-electron chi connectivity index (χ0n) is 21.6. The normalized spacial score (nSPS) is 15.0. The highest BCUT2D eigenvalue weighted by Crippen LogP contribution is 2.34. The molecule has 39 heavy (non-hydrogen) atoms. The minimum absolute atomic E-state index is 0.220. The first-order valence-corrected chi connectivity index (χ1v) is 12.7. The lowest BCUT2D eigenvalue weighted by Crippen LogP contribution is -2.31. The van der Waals surface area contributed by atoms with Crippen LogP contribution in [0.1, 0.15) is 29.2 Å². The van der Waals surface area contributed by atoms with Crippen molar-refractivity contribution in [2.45, 2.75) is 19.4 Å². The third-order valence-electron chi connectivity index (χ3n) is 7.03. The highest BCUT2D eigenvalue weighted by atomic mass is 16.5. The highest BCUT2D eigenvalue weighted by molar-refractivity contribution is 6.05. The summed E-state index contributed by atoms with van der Waals surface area (Å²) in [5, 5.41) is 9.37. The van der Waals surface area contributed by atoms with E-state index in [9.17, 15) is 9.59 Å². The van der Waals surface area contributed by atoms with Gasteiger partial charge in [-0.2, -0.15) is 5.10 Å². The van der Waals surface area contributed by atoms with Crippen LogP contribution >= 0.6 is 0 Å². The number of rotatable bonds is 6. The summed E-state index contributed by atoms with van der Waals surface area (Å²) in [7, 11) is 1.62.